The van der Waals surface area contributed by atoms with Crippen LogP contribution in [-0.2, 0) is 14.8 Å². The third-order valence-corrected chi connectivity index (χ3v) is 4.17. The van der Waals surface area contributed by atoms with Crippen molar-refractivity contribution in [3.63, 3.8) is 0 Å². The van der Waals surface area contributed by atoms with Gasteiger partial charge < -0.3 is 10.5 Å². The van der Waals surface area contributed by atoms with Crippen molar-refractivity contribution >= 4 is 21.7 Å². The van der Waals surface area contributed by atoms with E-state index in [9.17, 15) is 13.2 Å². The van der Waals surface area contributed by atoms with Crippen LogP contribution in [0.4, 0.5) is 5.69 Å². The number of hydrogen-bond acceptors (Lipinski definition) is 5. The number of rotatable bonds is 5. The summed E-state index contributed by atoms with van der Waals surface area (Å²) in [4.78, 5) is 11.2. The summed E-state index contributed by atoms with van der Waals surface area (Å²) >= 11 is 0. The number of terminal acetylenes is 1. The molecule has 0 radical (unpaired) electrons. The van der Waals surface area contributed by atoms with Gasteiger partial charge in [0.25, 0.3) is 0 Å². The second-order valence-corrected chi connectivity index (χ2v) is 5.68. The normalized spacial score (nSPS) is 12.4. The molecule has 6 nitrogen and oxygen atoms in total. The molecule has 1 aromatic rings. The van der Waals surface area contributed by atoms with Gasteiger partial charge in [0.1, 0.15) is 4.90 Å². The van der Waals surface area contributed by atoms with E-state index in [1.54, 1.807) is 6.92 Å². The van der Waals surface area contributed by atoms with E-state index in [0.29, 0.717) is 6.42 Å². The Morgan fingerprint density at radius 2 is 2.20 bits per heavy atom. The standard InChI is InChI=1S/C13H16N2O4S/c1-4-10(5-2)15-20(17,18)12-7-6-9(8-11(12)14)13(16)19-3/h1,6-8,10,15H,5,14H2,2-3H3. The average Bonchev–Trinajstić information content (AvgIpc) is 2.43. The van der Waals surface area contributed by atoms with Crippen molar-refractivity contribution in [2.24, 2.45) is 0 Å². The van der Waals surface area contributed by atoms with E-state index in [1.165, 1.54) is 25.3 Å². The molecule has 1 unspecified atom stereocenters. The maximum atomic E-state index is 12.1. The summed E-state index contributed by atoms with van der Waals surface area (Å²) < 4.78 is 31.1. The van der Waals surface area contributed by atoms with E-state index in [0.717, 1.165) is 0 Å². The van der Waals surface area contributed by atoms with Crippen LogP contribution in [0.5, 0.6) is 0 Å². The Hall–Kier alpha value is -2.04. The quantitative estimate of drug-likeness (QED) is 0.474. The number of methoxy groups -OCH3 is 1. The summed E-state index contributed by atoms with van der Waals surface area (Å²) in [5.74, 6) is 1.74. The Bertz CT molecular complexity index is 647. The molecule has 0 saturated carbocycles. The Labute approximate surface area is 118 Å². The first-order chi connectivity index (χ1) is 9.35. The van der Waals surface area contributed by atoms with Crippen molar-refractivity contribution < 1.29 is 17.9 Å². The lowest BCUT2D eigenvalue weighted by Gasteiger charge is -2.13. The van der Waals surface area contributed by atoms with Gasteiger partial charge in [-0.3, -0.25) is 0 Å². The molecule has 7 heteroatoms. The molecule has 0 aliphatic heterocycles. The molecule has 0 aromatic heterocycles. The zero-order chi connectivity index (χ0) is 15.3. The number of ether oxygens (including phenoxy) is 1. The van der Waals surface area contributed by atoms with Gasteiger partial charge in [0.2, 0.25) is 10.0 Å². The molecule has 1 atom stereocenters. The van der Waals surface area contributed by atoms with Crippen LogP contribution in [0.15, 0.2) is 23.1 Å². The molecular weight excluding hydrogens is 280 g/mol. The minimum Gasteiger partial charge on any atom is -0.465 e. The fourth-order valence-electron chi connectivity index (χ4n) is 1.52. The average molecular weight is 296 g/mol. The first-order valence-corrected chi connectivity index (χ1v) is 7.30. The number of nitrogens with two attached hydrogens (primary N) is 1. The van der Waals surface area contributed by atoms with Gasteiger partial charge in [-0.05, 0) is 24.6 Å². The Kier molecular flexibility index (Phi) is 5.13. The lowest BCUT2D eigenvalue weighted by atomic mass is 10.2. The Morgan fingerprint density at radius 1 is 1.55 bits per heavy atom. The molecular formula is C13H16N2O4S. The van der Waals surface area contributed by atoms with Crippen molar-refractivity contribution in [1.29, 1.82) is 0 Å². The molecule has 0 aliphatic carbocycles. The van der Waals surface area contributed by atoms with Crippen LogP contribution in [0.2, 0.25) is 0 Å². The van der Waals surface area contributed by atoms with Crippen LogP contribution >= 0.6 is 0 Å². The van der Waals surface area contributed by atoms with Crippen molar-refractivity contribution in [2.75, 3.05) is 12.8 Å². The second-order valence-electron chi connectivity index (χ2n) is 3.99. The topological polar surface area (TPSA) is 98.5 Å². The minimum atomic E-state index is -3.83. The summed E-state index contributed by atoms with van der Waals surface area (Å²) in [6.45, 7) is 1.76. The predicted molar refractivity (Wildman–Crippen MR) is 75.4 cm³/mol. The molecule has 0 heterocycles. The Morgan fingerprint density at radius 3 is 2.65 bits per heavy atom. The summed E-state index contributed by atoms with van der Waals surface area (Å²) in [7, 11) is -2.61. The SMILES string of the molecule is C#CC(CC)NS(=O)(=O)c1ccc(C(=O)OC)cc1N. The molecule has 20 heavy (non-hydrogen) atoms. The molecule has 0 fully saturated rings. The van der Waals surface area contributed by atoms with Crippen molar-refractivity contribution in [3.05, 3.63) is 23.8 Å². The van der Waals surface area contributed by atoms with Crippen molar-refractivity contribution in [3.8, 4) is 12.3 Å². The number of hydrogen-bond donors (Lipinski definition) is 2. The fourth-order valence-corrected chi connectivity index (χ4v) is 2.88. The largest absolute Gasteiger partial charge is 0.465 e. The molecule has 0 saturated heterocycles. The zero-order valence-electron chi connectivity index (χ0n) is 11.2. The molecule has 3 N–H and O–H groups in total. The van der Waals surface area contributed by atoms with Crippen LogP contribution < -0.4 is 10.5 Å². The van der Waals surface area contributed by atoms with E-state index in [1.807, 2.05) is 0 Å². The highest BCUT2D eigenvalue weighted by Gasteiger charge is 2.21. The maximum Gasteiger partial charge on any atom is 0.337 e. The molecule has 1 aromatic carbocycles. The number of carbonyl (C=O) groups excluding carboxylic acids is 1. The fraction of sp³-hybridized carbons (Fsp3) is 0.308. The summed E-state index contributed by atoms with van der Waals surface area (Å²) in [6.07, 6.45) is 5.67. The van der Waals surface area contributed by atoms with Crippen LogP contribution in [0.3, 0.4) is 0 Å². The van der Waals surface area contributed by atoms with Crippen LogP contribution in [0.1, 0.15) is 23.7 Å². The predicted octanol–water partition coefficient (Wildman–Crippen LogP) is 0.746. The first-order valence-electron chi connectivity index (χ1n) is 5.82. The molecule has 0 amide bonds. The highest BCUT2D eigenvalue weighted by molar-refractivity contribution is 7.89. The molecule has 0 spiro atoms. The van der Waals surface area contributed by atoms with Gasteiger partial charge in [-0.2, -0.15) is 4.72 Å². The lowest BCUT2D eigenvalue weighted by Crippen LogP contribution is -2.33. The van der Waals surface area contributed by atoms with Crippen LogP contribution in [0.25, 0.3) is 0 Å². The van der Waals surface area contributed by atoms with Gasteiger partial charge in [0, 0.05) is 0 Å². The van der Waals surface area contributed by atoms with E-state index in [4.69, 9.17) is 12.2 Å². The minimum absolute atomic E-state index is 0.0488. The number of nitrogen functional groups attached to an aromatic ring is 1. The molecule has 0 bridgehead atoms. The summed E-state index contributed by atoms with van der Waals surface area (Å²) in [6, 6.07) is 3.21. The monoisotopic (exact) mass is 296 g/mol. The third-order valence-electron chi connectivity index (χ3n) is 2.63. The van der Waals surface area contributed by atoms with Gasteiger partial charge in [-0.15, -0.1) is 6.42 Å². The highest BCUT2D eigenvalue weighted by Crippen LogP contribution is 2.20. The molecule has 0 aliphatic rings. The Balaban J connectivity index is 3.15. The number of benzene rings is 1. The van der Waals surface area contributed by atoms with E-state index in [-0.39, 0.29) is 16.1 Å². The van der Waals surface area contributed by atoms with E-state index in [2.05, 4.69) is 15.4 Å². The molecule has 1 rings (SSSR count). The number of carbonyl (C=O) groups is 1. The number of anilines is 1. The zero-order valence-corrected chi connectivity index (χ0v) is 12.0. The summed E-state index contributed by atoms with van der Waals surface area (Å²) in [5.41, 5.74) is 5.81. The van der Waals surface area contributed by atoms with Gasteiger partial charge in [0.05, 0.1) is 24.4 Å². The lowest BCUT2D eigenvalue weighted by molar-refractivity contribution is 0.0600. The highest BCUT2D eigenvalue weighted by atomic mass is 32.2. The molecule has 108 valence electrons. The van der Waals surface area contributed by atoms with Crippen LogP contribution in [-0.4, -0.2) is 27.5 Å². The van der Waals surface area contributed by atoms with Gasteiger partial charge >= 0.3 is 5.97 Å². The first kappa shape index (κ1) is 16.0. The van der Waals surface area contributed by atoms with Gasteiger partial charge in [-0.25, -0.2) is 13.2 Å². The summed E-state index contributed by atoms with van der Waals surface area (Å²) in [5, 5.41) is 0. The third kappa shape index (κ3) is 3.50. The van der Waals surface area contributed by atoms with E-state index >= 15 is 0 Å². The second kappa shape index (κ2) is 6.41. The van der Waals surface area contributed by atoms with Crippen molar-refractivity contribution in [1.82, 2.24) is 4.72 Å². The van der Waals surface area contributed by atoms with Gasteiger partial charge in [0.15, 0.2) is 0 Å². The maximum absolute atomic E-state index is 12.1. The number of nitrogens with one attached hydrogen (secondary N) is 1. The smallest absolute Gasteiger partial charge is 0.337 e. The van der Waals surface area contributed by atoms with Gasteiger partial charge in [-0.1, -0.05) is 12.8 Å². The number of sulfonamides is 1. The van der Waals surface area contributed by atoms with E-state index < -0.39 is 22.0 Å². The number of esters is 1. The van der Waals surface area contributed by atoms with Crippen LogP contribution in [0, 0.1) is 12.3 Å². The van der Waals surface area contributed by atoms with Crippen molar-refractivity contribution in [2.45, 2.75) is 24.3 Å².